The van der Waals surface area contributed by atoms with Crippen molar-refractivity contribution in [3.05, 3.63) is 29.8 Å². The fourth-order valence-electron chi connectivity index (χ4n) is 1.71. The van der Waals surface area contributed by atoms with Crippen molar-refractivity contribution in [3.63, 3.8) is 0 Å². The van der Waals surface area contributed by atoms with Gasteiger partial charge in [0.1, 0.15) is 5.75 Å². The second-order valence-corrected chi connectivity index (χ2v) is 6.61. The van der Waals surface area contributed by atoms with Crippen LogP contribution < -0.4 is 10.5 Å². The molecule has 0 heterocycles. The van der Waals surface area contributed by atoms with Gasteiger partial charge in [0.15, 0.2) is 0 Å². The Morgan fingerprint density at radius 2 is 2.05 bits per heavy atom. The zero-order valence-electron chi connectivity index (χ0n) is 11.5. The molecule has 0 aliphatic heterocycles. The molecule has 0 aliphatic rings. The molecule has 0 fully saturated rings. The van der Waals surface area contributed by atoms with Crippen LogP contribution in [-0.2, 0) is 16.6 Å². The molecule has 0 spiro atoms. The largest absolute Gasteiger partial charge is 0.497 e. The highest BCUT2D eigenvalue weighted by atomic mass is 32.2. The van der Waals surface area contributed by atoms with Crippen molar-refractivity contribution in [2.24, 2.45) is 5.73 Å². The average Bonchev–Trinajstić information content (AvgIpc) is 2.39. The van der Waals surface area contributed by atoms with E-state index < -0.39 is 10.0 Å². The molecule has 0 aliphatic carbocycles. The molecule has 0 unspecified atom stereocenters. The Bertz CT molecular complexity index is 488. The van der Waals surface area contributed by atoms with Gasteiger partial charge in [0, 0.05) is 13.6 Å². The molecule has 1 aromatic carbocycles. The van der Waals surface area contributed by atoms with E-state index in [-0.39, 0.29) is 5.75 Å². The minimum Gasteiger partial charge on any atom is -0.497 e. The van der Waals surface area contributed by atoms with Crippen LogP contribution in [0.3, 0.4) is 0 Å². The van der Waals surface area contributed by atoms with Gasteiger partial charge in [0.05, 0.1) is 12.9 Å². The SMILES string of the molecule is COc1cccc(CN(C)S(=O)(=O)CCCCN)c1. The van der Waals surface area contributed by atoms with Crippen molar-refractivity contribution in [1.82, 2.24) is 4.31 Å². The molecule has 6 heteroatoms. The maximum atomic E-state index is 12.0. The van der Waals surface area contributed by atoms with E-state index in [1.807, 2.05) is 24.3 Å². The van der Waals surface area contributed by atoms with Crippen LogP contribution in [0.1, 0.15) is 18.4 Å². The maximum absolute atomic E-state index is 12.0. The normalized spacial score (nSPS) is 11.8. The fourth-order valence-corrected chi connectivity index (χ4v) is 2.94. The highest BCUT2D eigenvalue weighted by Gasteiger charge is 2.17. The summed E-state index contributed by atoms with van der Waals surface area (Å²) in [4.78, 5) is 0. The first kappa shape index (κ1) is 15.9. The molecular formula is C13H22N2O3S. The van der Waals surface area contributed by atoms with E-state index in [2.05, 4.69) is 0 Å². The first-order chi connectivity index (χ1) is 8.99. The van der Waals surface area contributed by atoms with Gasteiger partial charge in [-0.05, 0) is 37.1 Å². The van der Waals surface area contributed by atoms with Crippen LogP contribution in [0.25, 0.3) is 0 Å². The fraction of sp³-hybridized carbons (Fsp3) is 0.538. The number of hydrogen-bond donors (Lipinski definition) is 1. The van der Waals surface area contributed by atoms with Crippen molar-refractivity contribution in [2.45, 2.75) is 19.4 Å². The summed E-state index contributed by atoms with van der Waals surface area (Å²) in [6, 6.07) is 7.41. The van der Waals surface area contributed by atoms with Gasteiger partial charge in [0.2, 0.25) is 10.0 Å². The highest BCUT2D eigenvalue weighted by Crippen LogP contribution is 2.15. The summed E-state index contributed by atoms with van der Waals surface area (Å²) in [6.45, 7) is 0.872. The zero-order valence-corrected chi connectivity index (χ0v) is 12.3. The third kappa shape index (κ3) is 5.18. The maximum Gasteiger partial charge on any atom is 0.214 e. The van der Waals surface area contributed by atoms with Crippen molar-refractivity contribution in [1.29, 1.82) is 0 Å². The Hall–Kier alpha value is -1.11. The smallest absolute Gasteiger partial charge is 0.214 e. The molecule has 0 aromatic heterocycles. The summed E-state index contributed by atoms with van der Waals surface area (Å²) in [7, 11) is -0.0292. The Balaban J connectivity index is 2.64. The van der Waals surface area contributed by atoms with Gasteiger partial charge in [-0.2, -0.15) is 0 Å². The lowest BCUT2D eigenvalue weighted by molar-refractivity contribution is 0.412. The van der Waals surface area contributed by atoms with E-state index in [0.29, 0.717) is 19.5 Å². The zero-order chi connectivity index (χ0) is 14.3. The lowest BCUT2D eigenvalue weighted by Crippen LogP contribution is -2.29. The van der Waals surface area contributed by atoms with Crippen molar-refractivity contribution in [2.75, 3.05) is 26.5 Å². The Morgan fingerprint density at radius 3 is 2.68 bits per heavy atom. The number of hydrogen-bond acceptors (Lipinski definition) is 4. The molecule has 108 valence electrons. The molecule has 0 saturated heterocycles. The van der Waals surface area contributed by atoms with Gasteiger partial charge in [-0.3, -0.25) is 0 Å². The summed E-state index contributed by atoms with van der Waals surface area (Å²) < 4.78 is 30.5. The van der Waals surface area contributed by atoms with Gasteiger partial charge in [0.25, 0.3) is 0 Å². The van der Waals surface area contributed by atoms with Crippen molar-refractivity contribution < 1.29 is 13.2 Å². The van der Waals surface area contributed by atoms with Gasteiger partial charge >= 0.3 is 0 Å². The molecule has 0 amide bonds. The number of methoxy groups -OCH3 is 1. The number of nitrogens with zero attached hydrogens (tertiary/aromatic N) is 1. The first-order valence-electron chi connectivity index (χ1n) is 6.26. The number of unbranched alkanes of at least 4 members (excludes halogenated alkanes) is 1. The number of sulfonamides is 1. The Labute approximate surface area is 115 Å². The molecule has 0 radical (unpaired) electrons. The molecule has 0 saturated carbocycles. The van der Waals surface area contributed by atoms with Crippen LogP contribution >= 0.6 is 0 Å². The monoisotopic (exact) mass is 286 g/mol. The van der Waals surface area contributed by atoms with Crippen LogP contribution in [-0.4, -0.2) is 39.2 Å². The molecule has 0 bridgehead atoms. The summed E-state index contributed by atoms with van der Waals surface area (Å²) in [5.74, 6) is 0.872. The van der Waals surface area contributed by atoms with Gasteiger partial charge in [-0.1, -0.05) is 12.1 Å². The van der Waals surface area contributed by atoms with E-state index in [1.54, 1.807) is 14.2 Å². The number of nitrogens with two attached hydrogens (primary N) is 1. The van der Waals surface area contributed by atoms with Crippen LogP contribution in [0.5, 0.6) is 5.75 Å². The number of rotatable bonds is 8. The van der Waals surface area contributed by atoms with E-state index in [0.717, 1.165) is 17.7 Å². The molecule has 19 heavy (non-hydrogen) atoms. The minimum absolute atomic E-state index is 0.144. The average molecular weight is 286 g/mol. The summed E-state index contributed by atoms with van der Waals surface area (Å²) >= 11 is 0. The second-order valence-electron chi connectivity index (χ2n) is 4.42. The second kappa shape index (κ2) is 7.47. The Morgan fingerprint density at radius 1 is 1.32 bits per heavy atom. The molecule has 1 rings (SSSR count). The van der Waals surface area contributed by atoms with Gasteiger partial charge in [-0.25, -0.2) is 12.7 Å². The molecular weight excluding hydrogens is 264 g/mol. The van der Waals surface area contributed by atoms with Crippen molar-refractivity contribution >= 4 is 10.0 Å². The number of benzene rings is 1. The van der Waals surface area contributed by atoms with Gasteiger partial charge < -0.3 is 10.5 Å². The summed E-state index contributed by atoms with van der Waals surface area (Å²) in [5.41, 5.74) is 6.27. The third-order valence-electron chi connectivity index (χ3n) is 2.87. The van der Waals surface area contributed by atoms with E-state index in [9.17, 15) is 8.42 Å². The van der Waals surface area contributed by atoms with E-state index >= 15 is 0 Å². The predicted octanol–water partition coefficient (Wildman–Crippen LogP) is 1.20. The molecule has 2 N–H and O–H groups in total. The molecule has 0 atom stereocenters. The van der Waals surface area contributed by atoms with Crippen molar-refractivity contribution in [3.8, 4) is 5.75 Å². The highest BCUT2D eigenvalue weighted by molar-refractivity contribution is 7.89. The predicted molar refractivity (Wildman–Crippen MR) is 76.5 cm³/mol. The molecule has 1 aromatic rings. The topological polar surface area (TPSA) is 72.6 Å². The van der Waals surface area contributed by atoms with Crippen LogP contribution in [0.4, 0.5) is 0 Å². The van der Waals surface area contributed by atoms with Gasteiger partial charge in [-0.15, -0.1) is 0 Å². The van der Waals surface area contributed by atoms with Crippen LogP contribution in [0.15, 0.2) is 24.3 Å². The number of ether oxygens (including phenoxy) is 1. The molecule has 5 nitrogen and oxygen atoms in total. The Kier molecular flexibility index (Phi) is 6.27. The first-order valence-corrected chi connectivity index (χ1v) is 7.87. The standard InChI is InChI=1S/C13H22N2O3S/c1-15(19(16,17)9-4-3-8-14)11-12-6-5-7-13(10-12)18-2/h5-7,10H,3-4,8-9,11,14H2,1-2H3. The van der Waals surface area contributed by atoms with Crippen LogP contribution in [0, 0.1) is 0 Å². The lowest BCUT2D eigenvalue weighted by atomic mass is 10.2. The quantitative estimate of drug-likeness (QED) is 0.729. The summed E-state index contributed by atoms with van der Waals surface area (Å²) in [6.07, 6.45) is 1.33. The van der Waals surface area contributed by atoms with E-state index in [4.69, 9.17) is 10.5 Å². The van der Waals surface area contributed by atoms with E-state index in [1.165, 1.54) is 4.31 Å². The minimum atomic E-state index is -3.21. The third-order valence-corrected chi connectivity index (χ3v) is 4.75. The lowest BCUT2D eigenvalue weighted by Gasteiger charge is -2.17. The van der Waals surface area contributed by atoms with Crippen LogP contribution in [0.2, 0.25) is 0 Å². The summed E-state index contributed by atoms with van der Waals surface area (Å²) in [5, 5.41) is 0.